The van der Waals surface area contributed by atoms with Gasteiger partial charge in [-0.25, -0.2) is 23.8 Å². The molecule has 12 heteroatoms. The number of nitrogens with two attached hydrogens (primary N) is 1. The van der Waals surface area contributed by atoms with E-state index in [0.29, 0.717) is 43.2 Å². The SMILES string of the molecule is CNC(=O)Oc1ccc(-c2nn(C(C)c3oc4ccccc4c(=O)c3-c3cccc(F)c3)c3ncnc(N)c23)s1. The van der Waals surface area contributed by atoms with E-state index >= 15 is 0 Å². The van der Waals surface area contributed by atoms with E-state index in [4.69, 9.17) is 20.0 Å². The van der Waals surface area contributed by atoms with Gasteiger partial charge in [0.05, 0.1) is 21.2 Å². The van der Waals surface area contributed by atoms with Crippen molar-refractivity contribution in [1.29, 1.82) is 0 Å². The largest absolute Gasteiger partial charge is 0.458 e. The number of rotatable bonds is 5. The lowest BCUT2D eigenvalue weighted by molar-refractivity contribution is 0.204. The summed E-state index contributed by atoms with van der Waals surface area (Å²) in [5, 5.41) is 8.44. The quantitative estimate of drug-likeness (QED) is 0.289. The molecule has 1 amide bonds. The molecule has 2 aromatic carbocycles. The molecule has 0 aliphatic heterocycles. The molecule has 0 saturated heterocycles. The summed E-state index contributed by atoms with van der Waals surface area (Å²) in [7, 11) is 1.47. The number of benzene rings is 2. The van der Waals surface area contributed by atoms with Crippen molar-refractivity contribution < 1.29 is 18.3 Å². The molecule has 1 atom stereocenters. The number of anilines is 1. The summed E-state index contributed by atoms with van der Waals surface area (Å²) in [5.74, 6) is -0.00772. The standard InChI is InChI=1S/C28H21FN6O4S/c1-14(25-21(15-6-5-7-16(29)12-15)24(36)17-8-3-4-9-18(17)38-25)35-27-22(26(30)32-13-33-27)23(34-35)19-10-11-20(40-19)39-28(37)31-2/h3-14H,1-2H3,(H,31,37)(H2,30,32,33). The average molecular weight is 557 g/mol. The van der Waals surface area contributed by atoms with Crippen LogP contribution in [0.5, 0.6) is 5.06 Å². The number of halogens is 1. The normalized spacial score (nSPS) is 12.1. The molecule has 40 heavy (non-hydrogen) atoms. The third-order valence-electron chi connectivity index (χ3n) is 6.41. The van der Waals surface area contributed by atoms with Gasteiger partial charge in [-0.2, -0.15) is 5.10 Å². The van der Waals surface area contributed by atoms with Gasteiger partial charge in [-0.15, -0.1) is 0 Å². The number of nitrogens with one attached hydrogen (secondary N) is 1. The van der Waals surface area contributed by atoms with Gasteiger partial charge < -0.3 is 20.2 Å². The minimum absolute atomic E-state index is 0.200. The minimum atomic E-state index is -0.678. The van der Waals surface area contributed by atoms with Gasteiger partial charge in [-0.3, -0.25) is 4.79 Å². The van der Waals surface area contributed by atoms with E-state index in [1.807, 2.05) is 0 Å². The van der Waals surface area contributed by atoms with Crippen molar-refractivity contribution in [3.05, 3.63) is 88.8 Å². The van der Waals surface area contributed by atoms with Crippen molar-refractivity contribution in [2.24, 2.45) is 0 Å². The van der Waals surface area contributed by atoms with E-state index in [1.165, 1.54) is 36.8 Å². The van der Waals surface area contributed by atoms with Crippen molar-refractivity contribution in [1.82, 2.24) is 25.1 Å². The predicted molar refractivity (Wildman–Crippen MR) is 150 cm³/mol. The van der Waals surface area contributed by atoms with Gasteiger partial charge in [0.2, 0.25) is 5.43 Å². The van der Waals surface area contributed by atoms with Crippen molar-refractivity contribution in [2.75, 3.05) is 12.8 Å². The predicted octanol–water partition coefficient (Wildman–Crippen LogP) is 5.38. The van der Waals surface area contributed by atoms with Crippen LogP contribution in [0, 0.1) is 5.82 Å². The number of thiophene rings is 1. The first-order valence-corrected chi connectivity index (χ1v) is 13.0. The minimum Gasteiger partial charge on any atom is -0.458 e. The highest BCUT2D eigenvalue weighted by Crippen LogP contribution is 2.40. The van der Waals surface area contributed by atoms with Gasteiger partial charge in [-0.1, -0.05) is 35.6 Å². The fourth-order valence-corrected chi connectivity index (χ4v) is 5.41. The van der Waals surface area contributed by atoms with Crippen LogP contribution in [0.15, 0.2) is 76.2 Å². The second-order valence-corrected chi connectivity index (χ2v) is 9.91. The van der Waals surface area contributed by atoms with Gasteiger partial charge in [-0.05, 0) is 48.9 Å². The van der Waals surface area contributed by atoms with Crippen LogP contribution in [0.1, 0.15) is 18.7 Å². The first kappa shape index (κ1) is 25.2. The number of carbonyl (C=O) groups is 1. The first-order chi connectivity index (χ1) is 19.4. The van der Waals surface area contributed by atoms with Crippen LogP contribution in [0.3, 0.4) is 0 Å². The van der Waals surface area contributed by atoms with Gasteiger partial charge in [0.25, 0.3) is 0 Å². The molecule has 1 unspecified atom stereocenters. The molecule has 0 spiro atoms. The van der Waals surface area contributed by atoms with Crippen molar-refractivity contribution in [3.8, 4) is 26.8 Å². The van der Waals surface area contributed by atoms with Crippen LogP contribution in [-0.2, 0) is 0 Å². The summed E-state index contributed by atoms with van der Waals surface area (Å²) in [6, 6.07) is 15.4. The van der Waals surface area contributed by atoms with Crippen LogP contribution >= 0.6 is 11.3 Å². The molecule has 10 nitrogen and oxygen atoms in total. The van der Waals surface area contributed by atoms with Gasteiger partial charge in [0.1, 0.15) is 41.0 Å². The summed E-state index contributed by atoms with van der Waals surface area (Å²) in [6.45, 7) is 1.80. The summed E-state index contributed by atoms with van der Waals surface area (Å²) in [6.07, 6.45) is 0.724. The lowest BCUT2D eigenvalue weighted by Crippen LogP contribution is -2.21. The molecule has 0 radical (unpaired) electrons. The number of carbonyl (C=O) groups excluding carboxylic acids is 1. The topological polar surface area (TPSA) is 138 Å². The van der Waals surface area contributed by atoms with Gasteiger partial charge in [0, 0.05) is 7.05 Å². The maximum atomic E-state index is 14.3. The molecular formula is C28H21FN6O4S. The van der Waals surface area contributed by atoms with E-state index in [9.17, 15) is 14.0 Å². The number of hydrogen-bond donors (Lipinski definition) is 2. The van der Waals surface area contributed by atoms with E-state index in [1.54, 1.807) is 60.1 Å². The summed E-state index contributed by atoms with van der Waals surface area (Å²) < 4.78 is 27.5. The molecule has 0 aliphatic rings. The van der Waals surface area contributed by atoms with Crippen LogP contribution in [0.25, 0.3) is 43.7 Å². The summed E-state index contributed by atoms with van der Waals surface area (Å²) in [4.78, 5) is 34.7. The third kappa shape index (κ3) is 4.24. The number of para-hydroxylation sites is 1. The van der Waals surface area contributed by atoms with E-state index < -0.39 is 18.0 Å². The number of nitrogens with zero attached hydrogens (tertiary/aromatic N) is 4. The lowest BCUT2D eigenvalue weighted by atomic mass is 9.99. The number of fused-ring (bicyclic) bond motifs is 2. The summed E-state index contributed by atoms with van der Waals surface area (Å²) in [5.41, 5.74) is 7.83. The Hall–Kier alpha value is -5.10. The first-order valence-electron chi connectivity index (χ1n) is 12.2. The zero-order chi connectivity index (χ0) is 28.0. The molecule has 0 bridgehead atoms. The number of nitrogen functional groups attached to an aromatic ring is 1. The molecule has 0 aliphatic carbocycles. The third-order valence-corrected chi connectivity index (χ3v) is 7.38. The Bertz CT molecular complexity index is 1980. The van der Waals surface area contributed by atoms with Crippen molar-refractivity contribution in [3.63, 3.8) is 0 Å². The summed E-state index contributed by atoms with van der Waals surface area (Å²) >= 11 is 1.19. The molecule has 6 aromatic rings. The zero-order valence-electron chi connectivity index (χ0n) is 21.2. The monoisotopic (exact) mass is 556 g/mol. The Morgan fingerprint density at radius 1 is 1.15 bits per heavy atom. The Labute approximate surface area is 229 Å². The molecule has 0 fully saturated rings. The average Bonchev–Trinajstić information content (AvgIpc) is 3.58. The fraction of sp³-hybridized carbons (Fsp3) is 0.107. The van der Waals surface area contributed by atoms with Crippen LogP contribution in [0.2, 0.25) is 0 Å². The maximum absolute atomic E-state index is 14.3. The molecule has 0 saturated carbocycles. The Morgan fingerprint density at radius 2 is 1.98 bits per heavy atom. The molecule has 200 valence electrons. The highest BCUT2D eigenvalue weighted by molar-refractivity contribution is 7.17. The number of amides is 1. The number of ether oxygens (including phenoxy) is 1. The zero-order valence-corrected chi connectivity index (χ0v) is 22.0. The second kappa shape index (κ2) is 9.89. The van der Waals surface area contributed by atoms with E-state index in [2.05, 4.69) is 15.3 Å². The highest BCUT2D eigenvalue weighted by atomic mass is 32.1. The number of aromatic nitrogens is 4. The van der Waals surface area contributed by atoms with Crippen molar-refractivity contribution >= 4 is 45.3 Å². The van der Waals surface area contributed by atoms with E-state index in [-0.39, 0.29) is 22.6 Å². The van der Waals surface area contributed by atoms with Gasteiger partial charge >= 0.3 is 6.09 Å². The molecular weight excluding hydrogens is 535 g/mol. The van der Waals surface area contributed by atoms with Crippen molar-refractivity contribution in [2.45, 2.75) is 13.0 Å². The van der Waals surface area contributed by atoms with Crippen LogP contribution in [-0.4, -0.2) is 32.9 Å². The Morgan fingerprint density at radius 3 is 2.77 bits per heavy atom. The molecule has 4 aromatic heterocycles. The number of hydrogen-bond acceptors (Lipinski definition) is 9. The van der Waals surface area contributed by atoms with Crippen LogP contribution < -0.4 is 21.2 Å². The Balaban J connectivity index is 1.57. The molecule has 6 rings (SSSR count). The van der Waals surface area contributed by atoms with Crippen LogP contribution in [0.4, 0.5) is 15.0 Å². The molecule has 4 heterocycles. The Kier molecular flexibility index (Phi) is 6.23. The van der Waals surface area contributed by atoms with E-state index in [0.717, 1.165) is 0 Å². The maximum Gasteiger partial charge on any atom is 0.413 e. The van der Waals surface area contributed by atoms with Gasteiger partial charge in [0.15, 0.2) is 10.7 Å². The highest BCUT2D eigenvalue weighted by Gasteiger charge is 2.27. The molecule has 3 N–H and O–H groups in total. The fourth-order valence-electron chi connectivity index (χ4n) is 4.56. The lowest BCUT2D eigenvalue weighted by Gasteiger charge is -2.17. The smallest absolute Gasteiger partial charge is 0.413 e. The second-order valence-electron chi connectivity index (χ2n) is 8.86.